The fourth-order valence-electron chi connectivity index (χ4n) is 12.7. The summed E-state index contributed by atoms with van der Waals surface area (Å²) in [5.74, 6) is 0.937. The number of aliphatic hydroxyl groups is 1. The van der Waals surface area contributed by atoms with Gasteiger partial charge >= 0.3 is 23.9 Å². The van der Waals surface area contributed by atoms with Gasteiger partial charge in [0.2, 0.25) is 5.60 Å². The van der Waals surface area contributed by atoms with Crippen LogP contribution in [0.2, 0.25) is 0 Å². The summed E-state index contributed by atoms with van der Waals surface area (Å²) in [6, 6.07) is 0. The summed E-state index contributed by atoms with van der Waals surface area (Å²) in [4.78, 5) is 55.8. The maximum absolute atomic E-state index is 14.4. The topological polar surface area (TPSA) is 125 Å². The van der Waals surface area contributed by atoms with Gasteiger partial charge in [0.25, 0.3) is 0 Å². The largest absolute Gasteiger partial charge is 0.463 e. The standard InChI is InChI=1S/C40H60O9/c1-8-35(4,31(42)48-38(7)28-13-24-11-25(15-28)16-29(38)14-24)22-36(5,32(43)47-37(6)9-10-46-33(37)44)21-34(2,3)30(41)49-40-19-26-12-27(20-40)18-39(45,17-26)23-40/h24-29,45H,8-23H2,1-7H3. The Labute approximate surface area is 292 Å². The summed E-state index contributed by atoms with van der Waals surface area (Å²) >= 11 is 0. The average molecular weight is 685 g/mol. The van der Waals surface area contributed by atoms with Crippen LogP contribution in [-0.4, -0.2) is 58.0 Å². The zero-order valence-corrected chi connectivity index (χ0v) is 31.0. The van der Waals surface area contributed by atoms with Crippen LogP contribution in [0.25, 0.3) is 0 Å². The highest BCUT2D eigenvalue weighted by molar-refractivity contribution is 5.87. The molecular weight excluding hydrogens is 624 g/mol. The molecule has 1 N–H and O–H groups in total. The Hall–Kier alpha value is -2.16. The van der Waals surface area contributed by atoms with Crippen LogP contribution < -0.4 is 0 Å². The number of esters is 4. The van der Waals surface area contributed by atoms with Gasteiger partial charge in [0.05, 0.1) is 28.5 Å². The first-order valence-electron chi connectivity index (χ1n) is 19.3. The van der Waals surface area contributed by atoms with Crippen LogP contribution in [0.15, 0.2) is 0 Å². The molecule has 9 nitrogen and oxygen atoms in total. The molecule has 0 spiro atoms. The number of rotatable bonds is 11. The van der Waals surface area contributed by atoms with Gasteiger partial charge < -0.3 is 24.1 Å². The highest BCUT2D eigenvalue weighted by atomic mass is 16.6. The highest BCUT2D eigenvalue weighted by Crippen LogP contribution is 2.61. The van der Waals surface area contributed by atoms with Crippen LogP contribution in [-0.2, 0) is 38.1 Å². The van der Waals surface area contributed by atoms with Crippen molar-refractivity contribution in [3.63, 3.8) is 0 Å². The molecule has 9 fully saturated rings. The molecule has 0 aromatic heterocycles. The molecule has 0 amide bonds. The van der Waals surface area contributed by atoms with E-state index < -0.39 is 56.6 Å². The van der Waals surface area contributed by atoms with Crippen LogP contribution in [0.3, 0.4) is 0 Å². The zero-order valence-electron chi connectivity index (χ0n) is 31.0. The average Bonchev–Trinajstić information content (AvgIpc) is 3.30. The minimum atomic E-state index is -1.44. The molecule has 1 aliphatic heterocycles. The number of hydrogen-bond acceptors (Lipinski definition) is 9. The third-order valence-corrected chi connectivity index (χ3v) is 14.9. The molecule has 8 saturated carbocycles. The Kier molecular flexibility index (Phi) is 8.22. The van der Waals surface area contributed by atoms with Crippen LogP contribution in [0, 0.1) is 51.8 Å². The lowest BCUT2D eigenvalue weighted by Gasteiger charge is -2.59. The van der Waals surface area contributed by atoms with E-state index in [4.69, 9.17) is 18.9 Å². The summed E-state index contributed by atoms with van der Waals surface area (Å²) in [5.41, 5.74) is -6.97. The smallest absolute Gasteiger partial charge is 0.350 e. The predicted molar refractivity (Wildman–Crippen MR) is 180 cm³/mol. The van der Waals surface area contributed by atoms with E-state index in [1.807, 2.05) is 13.8 Å². The first-order valence-corrected chi connectivity index (χ1v) is 19.3. The molecule has 1 heterocycles. The van der Waals surface area contributed by atoms with Gasteiger partial charge in [-0.25, -0.2) is 4.79 Å². The van der Waals surface area contributed by atoms with Gasteiger partial charge in [-0.1, -0.05) is 6.92 Å². The minimum Gasteiger partial charge on any atom is -0.463 e. The van der Waals surface area contributed by atoms with Crippen molar-refractivity contribution < 1.29 is 43.2 Å². The molecule has 0 radical (unpaired) electrons. The van der Waals surface area contributed by atoms with Gasteiger partial charge in [0.1, 0.15) is 11.2 Å². The van der Waals surface area contributed by atoms with Crippen LogP contribution >= 0.6 is 0 Å². The van der Waals surface area contributed by atoms with Crippen molar-refractivity contribution in [2.45, 2.75) is 167 Å². The van der Waals surface area contributed by atoms with Crippen molar-refractivity contribution in [3.8, 4) is 0 Å². The molecular formula is C40H60O9. The molecule has 0 aromatic carbocycles. The number of ether oxygens (including phenoxy) is 4. The molecule has 274 valence electrons. The van der Waals surface area contributed by atoms with Gasteiger partial charge in [-0.05, 0) is 161 Å². The molecule has 49 heavy (non-hydrogen) atoms. The zero-order chi connectivity index (χ0) is 35.4. The molecule has 5 atom stereocenters. The van der Waals surface area contributed by atoms with Crippen molar-refractivity contribution in [1.29, 1.82) is 0 Å². The van der Waals surface area contributed by atoms with E-state index in [2.05, 4.69) is 6.92 Å². The summed E-state index contributed by atoms with van der Waals surface area (Å²) in [6.45, 7) is 13.0. The summed E-state index contributed by atoms with van der Waals surface area (Å²) < 4.78 is 24.3. The molecule has 5 unspecified atom stereocenters. The van der Waals surface area contributed by atoms with Gasteiger partial charge in [-0.15, -0.1) is 0 Å². The lowest BCUT2D eigenvalue weighted by atomic mass is 9.50. The maximum Gasteiger partial charge on any atom is 0.350 e. The third-order valence-electron chi connectivity index (χ3n) is 14.9. The van der Waals surface area contributed by atoms with Gasteiger partial charge in [-0.2, -0.15) is 0 Å². The van der Waals surface area contributed by atoms with E-state index in [-0.39, 0.29) is 31.8 Å². The Morgan fingerprint density at radius 1 is 0.755 bits per heavy atom. The van der Waals surface area contributed by atoms with E-state index in [1.54, 1.807) is 27.7 Å². The van der Waals surface area contributed by atoms with Crippen molar-refractivity contribution in [3.05, 3.63) is 0 Å². The Morgan fingerprint density at radius 3 is 1.82 bits per heavy atom. The number of hydrogen-bond donors (Lipinski definition) is 1. The fourth-order valence-corrected chi connectivity index (χ4v) is 12.7. The summed E-state index contributed by atoms with van der Waals surface area (Å²) in [6.07, 6.45) is 11.1. The van der Waals surface area contributed by atoms with Crippen molar-refractivity contribution >= 4 is 23.9 Å². The van der Waals surface area contributed by atoms with E-state index in [1.165, 1.54) is 6.42 Å². The van der Waals surface area contributed by atoms with Gasteiger partial charge in [-0.3, -0.25) is 14.4 Å². The summed E-state index contributed by atoms with van der Waals surface area (Å²) in [7, 11) is 0. The normalized spacial score (nSPS) is 44.2. The van der Waals surface area contributed by atoms with Crippen molar-refractivity contribution in [1.82, 2.24) is 0 Å². The van der Waals surface area contributed by atoms with E-state index >= 15 is 0 Å². The highest BCUT2D eigenvalue weighted by Gasteiger charge is 2.62. The molecule has 9 rings (SSSR count). The van der Waals surface area contributed by atoms with Crippen molar-refractivity contribution in [2.75, 3.05) is 6.61 Å². The third kappa shape index (κ3) is 6.03. The first kappa shape index (κ1) is 35.3. The molecule has 1 saturated heterocycles. The second kappa shape index (κ2) is 11.4. The number of carbonyl (C=O) groups excluding carboxylic acids is 4. The fraction of sp³-hybridized carbons (Fsp3) is 0.900. The van der Waals surface area contributed by atoms with Gasteiger partial charge in [0.15, 0.2) is 0 Å². The van der Waals surface area contributed by atoms with Gasteiger partial charge in [0, 0.05) is 12.8 Å². The Morgan fingerprint density at radius 2 is 1.31 bits per heavy atom. The maximum atomic E-state index is 14.4. The van der Waals surface area contributed by atoms with E-state index in [0.29, 0.717) is 36.5 Å². The SMILES string of the molecule is CCC(C)(CC(C)(CC(C)(C)C(=O)OC12CC3CC(CC(O)(C3)C1)C2)C(=O)OC1(C)CCOC1=O)C(=O)OC1(C)C2CC3CC(C2)CC1C3. The second-order valence-corrected chi connectivity index (χ2v) is 19.9. The lowest BCUT2D eigenvalue weighted by Crippen LogP contribution is -2.61. The molecule has 8 aliphatic carbocycles. The number of carbonyl (C=O) groups is 4. The molecule has 8 bridgehead atoms. The van der Waals surface area contributed by atoms with Crippen LogP contribution in [0.1, 0.15) is 145 Å². The first-order chi connectivity index (χ1) is 22.7. The van der Waals surface area contributed by atoms with Crippen LogP contribution in [0.4, 0.5) is 0 Å². The van der Waals surface area contributed by atoms with E-state index in [9.17, 15) is 24.3 Å². The number of cyclic esters (lactones) is 1. The quantitative estimate of drug-likeness (QED) is 0.184. The Balaban J connectivity index is 1.13. The monoisotopic (exact) mass is 684 g/mol. The summed E-state index contributed by atoms with van der Waals surface area (Å²) in [5, 5.41) is 11.3. The Bertz CT molecular complexity index is 1360. The molecule has 9 heteroatoms. The molecule has 9 aliphatic rings. The second-order valence-electron chi connectivity index (χ2n) is 19.9. The van der Waals surface area contributed by atoms with E-state index in [0.717, 1.165) is 69.6 Å². The minimum absolute atomic E-state index is 0.0464. The van der Waals surface area contributed by atoms with Crippen LogP contribution in [0.5, 0.6) is 0 Å². The van der Waals surface area contributed by atoms with Crippen molar-refractivity contribution in [2.24, 2.45) is 51.8 Å². The predicted octanol–water partition coefficient (Wildman–Crippen LogP) is 6.85. The lowest BCUT2D eigenvalue weighted by molar-refractivity contribution is -0.226. The molecule has 0 aromatic rings.